The van der Waals surface area contributed by atoms with Gasteiger partial charge in [0.15, 0.2) is 0 Å². The Morgan fingerprint density at radius 3 is 1.35 bits per heavy atom. The van der Waals surface area contributed by atoms with E-state index in [0.717, 1.165) is 26.3 Å². The fourth-order valence-electron chi connectivity index (χ4n) is 1.85. The fourth-order valence-corrected chi connectivity index (χ4v) is 7.98. The molecule has 0 amide bonds. The molecule has 0 aliphatic heterocycles. The van der Waals surface area contributed by atoms with Gasteiger partial charge in [0.1, 0.15) is 0 Å². The van der Waals surface area contributed by atoms with Gasteiger partial charge in [0.2, 0.25) is 0 Å². The van der Waals surface area contributed by atoms with Crippen LogP contribution in [0.2, 0.25) is 10.6 Å². The third kappa shape index (κ3) is 18.5. The second-order valence-corrected chi connectivity index (χ2v) is 13.0. The average Bonchev–Trinajstić information content (AvgIpc) is 2.47. The first-order valence-corrected chi connectivity index (χ1v) is 15.2. The summed E-state index contributed by atoms with van der Waals surface area (Å²) in [4.78, 5) is 0. The molecule has 0 unspecified atom stereocenters. The van der Waals surface area contributed by atoms with E-state index < -0.39 is 0 Å². The zero-order valence-corrected chi connectivity index (χ0v) is 17.0. The summed E-state index contributed by atoms with van der Waals surface area (Å²) in [6.07, 6.45) is 23.1. The molecule has 0 aliphatic rings. The predicted octanol–water partition coefficient (Wildman–Crippen LogP) is 6.20. The minimum atomic E-state index is 0.941. The summed E-state index contributed by atoms with van der Waals surface area (Å²) in [5, 5.41) is 2.94. The monoisotopic (exact) mass is 410 g/mol. The van der Waals surface area contributed by atoms with E-state index in [1.54, 1.807) is 0 Å². The molecule has 0 nitrogen and oxygen atoms in total. The van der Waals surface area contributed by atoms with Crippen LogP contribution >= 0.6 is 0 Å². The molecule has 0 aromatic carbocycles. The van der Waals surface area contributed by atoms with E-state index in [9.17, 15) is 0 Å². The van der Waals surface area contributed by atoms with Gasteiger partial charge in [0.25, 0.3) is 0 Å². The van der Waals surface area contributed by atoms with E-state index >= 15 is 0 Å². The fraction of sp³-hybridized carbons (Fsp3) is 0.778. The van der Waals surface area contributed by atoms with Crippen LogP contribution in [-0.4, -0.2) is 26.3 Å². The van der Waals surface area contributed by atoms with Crippen LogP contribution in [0.25, 0.3) is 0 Å². The van der Waals surface area contributed by atoms with Gasteiger partial charge < -0.3 is 0 Å². The van der Waals surface area contributed by atoms with Crippen LogP contribution in [0.5, 0.6) is 0 Å². The first kappa shape index (κ1) is 20.5. The van der Waals surface area contributed by atoms with Crippen molar-refractivity contribution in [3.05, 3.63) is 24.3 Å². The molecular weight excluding hydrogens is 374 g/mol. The van der Waals surface area contributed by atoms with Gasteiger partial charge in [-0.15, -0.1) is 0 Å². The molecule has 0 spiro atoms. The summed E-state index contributed by atoms with van der Waals surface area (Å²) < 4.78 is 0. The quantitative estimate of drug-likeness (QED) is 0.172. The minimum absolute atomic E-state index is 0.941. The van der Waals surface area contributed by atoms with Crippen LogP contribution in [-0.2, 0) is 0 Å². The summed E-state index contributed by atoms with van der Waals surface area (Å²) in [5.41, 5.74) is 0. The van der Waals surface area contributed by atoms with Crippen LogP contribution in [0.3, 0.4) is 0 Å². The molecule has 118 valence electrons. The Labute approximate surface area is 139 Å². The van der Waals surface area contributed by atoms with Crippen LogP contribution in [0, 0.1) is 0 Å². The Kier molecular flexibility index (Phi) is 20.0. The number of unbranched alkanes of at least 4 members (excludes halogenated alkanes) is 6. The van der Waals surface area contributed by atoms with Gasteiger partial charge in [-0.3, -0.25) is 0 Å². The Balaban J connectivity index is 3.09. The Morgan fingerprint density at radius 1 is 0.550 bits per heavy atom. The Morgan fingerprint density at radius 2 is 0.950 bits per heavy atom. The van der Waals surface area contributed by atoms with Crippen molar-refractivity contribution >= 4 is 26.3 Å². The molecular formula is C18H34Se2. The van der Waals surface area contributed by atoms with Crippen molar-refractivity contribution < 1.29 is 0 Å². The first-order valence-electron chi connectivity index (χ1n) is 8.46. The van der Waals surface area contributed by atoms with E-state index in [-0.39, 0.29) is 0 Å². The van der Waals surface area contributed by atoms with Crippen molar-refractivity contribution in [2.75, 3.05) is 0 Å². The predicted molar refractivity (Wildman–Crippen MR) is 96.9 cm³/mol. The third-order valence-corrected chi connectivity index (χ3v) is 10.6. The molecule has 0 heterocycles. The van der Waals surface area contributed by atoms with Crippen molar-refractivity contribution in [2.45, 2.75) is 88.7 Å². The standard InChI is InChI=1S/C18H34Se2/c1-3-5-7-9-11-13-15-17-19-20-18-16-14-12-10-8-6-4-2/h11-14H,3-10,15-18H2,1-2H3/b13-11+,14-12+. The zero-order valence-electron chi connectivity index (χ0n) is 13.6. The summed E-state index contributed by atoms with van der Waals surface area (Å²) in [6.45, 7) is 4.55. The van der Waals surface area contributed by atoms with Crippen LogP contribution in [0.15, 0.2) is 24.3 Å². The van der Waals surface area contributed by atoms with E-state index in [1.807, 2.05) is 0 Å². The number of rotatable bonds is 15. The van der Waals surface area contributed by atoms with Crippen LogP contribution in [0.1, 0.15) is 78.1 Å². The van der Waals surface area contributed by atoms with E-state index in [2.05, 4.69) is 38.2 Å². The molecule has 0 saturated heterocycles. The maximum absolute atomic E-state index is 2.42. The zero-order chi connectivity index (χ0) is 14.7. The van der Waals surface area contributed by atoms with E-state index in [1.165, 1.54) is 74.8 Å². The molecule has 0 saturated carbocycles. The molecule has 0 N–H and O–H groups in total. The van der Waals surface area contributed by atoms with Crippen molar-refractivity contribution in [3.63, 3.8) is 0 Å². The van der Waals surface area contributed by atoms with Gasteiger partial charge in [0.05, 0.1) is 0 Å². The molecule has 2 heteroatoms. The second kappa shape index (κ2) is 19.5. The number of hydrogen-bond donors (Lipinski definition) is 0. The molecule has 20 heavy (non-hydrogen) atoms. The molecule has 0 aromatic heterocycles. The summed E-state index contributed by atoms with van der Waals surface area (Å²) in [6, 6.07) is 0. The van der Waals surface area contributed by atoms with E-state index in [0.29, 0.717) is 0 Å². The van der Waals surface area contributed by atoms with Gasteiger partial charge >= 0.3 is 139 Å². The number of allylic oxidation sites excluding steroid dienone is 4. The van der Waals surface area contributed by atoms with Crippen molar-refractivity contribution in [3.8, 4) is 0 Å². The Hall–Kier alpha value is 0.519. The molecule has 0 atom stereocenters. The van der Waals surface area contributed by atoms with Crippen molar-refractivity contribution in [1.29, 1.82) is 0 Å². The topological polar surface area (TPSA) is 0 Å². The first-order chi connectivity index (χ1) is 9.91. The molecule has 0 bridgehead atoms. The van der Waals surface area contributed by atoms with Gasteiger partial charge in [-0.1, -0.05) is 0 Å². The second-order valence-electron chi connectivity index (χ2n) is 5.16. The van der Waals surface area contributed by atoms with Crippen molar-refractivity contribution in [1.82, 2.24) is 0 Å². The molecule has 0 rings (SSSR count). The molecule has 0 aromatic rings. The van der Waals surface area contributed by atoms with Crippen LogP contribution < -0.4 is 0 Å². The van der Waals surface area contributed by atoms with Crippen LogP contribution in [0.4, 0.5) is 0 Å². The summed E-state index contributed by atoms with van der Waals surface area (Å²) in [5.74, 6) is 0. The third-order valence-electron chi connectivity index (χ3n) is 3.10. The van der Waals surface area contributed by atoms with Gasteiger partial charge in [-0.2, -0.15) is 0 Å². The molecule has 0 aliphatic carbocycles. The number of hydrogen-bond acceptors (Lipinski definition) is 0. The average molecular weight is 408 g/mol. The van der Waals surface area contributed by atoms with Gasteiger partial charge in [0, 0.05) is 0 Å². The summed E-state index contributed by atoms with van der Waals surface area (Å²) >= 11 is 1.88. The normalized spacial score (nSPS) is 11.9. The van der Waals surface area contributed by atoms with Gasteiger partial charge in [-0.25, -0.2) is 0 Å². The molecule has 0 fully saturated rings. The SMILES string of the molecule is CCCCC/C=C/CC[Se][Se]CC/C=C/CCCCC. The van der Waals surface area contributed by atoms with E-state index in [4.69, 9.17) is 0 Å². The maximum atomic E-state index is 2.42. The Bertz CT molecular complexity index is 197. The van der Waals surface area contributed by atoms with Crippen molar-refractivity contribution in [2.24, 2.45) is 0 Å². The summed E-state index contributed by atoms with van der Waals surface area (Å²) in [7, 11) is 0. The molecule has 0 radical (unpaired) electrons. The van der Waals surface area contributed by atoms with Gasteiger partial charge in [-0.05, 0) is 0 Å².